The number of methoxy groups -OCH3 is 1. The minimum absolute atomic E-state index is 0.0664. The third kappa shape index (κ3) is 4.74. The van der Waals surface area contributed by atoms with Crippen LogP contribution in [0.25, 0.3) is 17.1 Å². The van der Waals surface area contributed by atoms with Crippen molar-refractivity contribution in [3.8, 4) is 40.3 Å². The first-order valence-corrected chi connectivity index (χ1v) is 11.1. The summed E-state index contributed by atoms with van der Waals surface area (Å²) in [7, 11) is 1.62. The zero-order valence-corrected chi connectivity index (χ0v) is 19.5. The molecule has 0 aliphatic carbocycles. The predicted molar refractivity (Wildman–Crippen MR) is 130 cm³/mol. The van der Waals surface area contributed by atoms with Crippen molar-refractivity contribution < 1.29 is 23.7 Å². The van der Waals surface area contributed by atoms with Crippen LogP contribution in [-0.4, -0.2) is 40.7 Å². The molecule has 1 N–H and O–H groups in total. The fourth-order valence-electron chi connectivity index (χ4n) is 3.59. The van der Waals surface area contributed by atoms with Crippen molar-refractivity contribution >= 4 is 11.6 Å². The van der Waals surface area contributed by atoms with Crippen molar-refractivity contribution in [2.75, 3.05) is 19.2 Å². The van der Waals surface area contributed by atoms with Gasteiger partial charge in [-0.15, -0.1) is 5.10 Å². The summed E-state index contributed by atoms with van der Waals surface area (Å²) < 4.78 is 23.4. The summed E-state index contributed by atoms with van der Waals surface area (Å²) in [6.45, 7) is 4.00. The van der Waals surface area contributed by atoms with Gasteiger partial charge in [-0.1, -0.05) is 0 Å². The van der Waals surface area contributed by atoms with Crippen LogP contribution in [0.2, 0.25) is 0 Å². The monoisotopic (exact) mass is 472 g/mol. The van der Waals surface area contributed by atoms with Gasteiger partial charge in [0.2, 0.25) is 6.79 Å². The van der Waals surface area contributed by atoms with E-state index in [-0.39, 0.29) is 24.8 Å². The maximum Gasteiger partial charge on any atom is 0.336 e. The number of carbonyl (C=O) groups is 1. The van der Waals surface area contributed by atoms with Crippen LogP contribution in [0, 0.1) is 0 Å². The average molecular weight is 473 g/mol. The van der Waals surface area contributed by atoms with E-state index in [1.165, 1.54) is 0 Å². The fourth-order valence-corrected chi connectivity index (χ4v) is 3.59. The molecule has 0 fully saturated rings. The van der Waals surface area contributed by atoms with E-state index in [2.05, 4.69) is 15.4 Å². The van der Waals surface area contributed by atoms with Crippen LogP contribution in [0.4, 0.5) is 5.69 Å². The molecule has 1 aromatic heterocycles. The van der Waals surface area contributed by atoms with E-state index < -0.39 is 0 Å². The number of hydrogen-bond acceptors (Lipinski definition) is 7. The van der Waals surface area contributed by atoms with E-state index in [1.807, 2.05) is 62.4 Å². The number of benzene rings is 3. The lowest BCUT2D eigenvalue weighted by Gasteiger charge is -2.09. The molecule has 1 amide bonds. The van der Waals surface area contributed by atoms with Gasteiger partial charge in [-0.05, 0) is 80.6 Å². The molecule has 0 bridgehead atoms. The standard InChI is InChI=1S/C26H24N4O5/c1-16(2)35-26-28-24(17-4-11-21(32-3)12-5-17)30(29-26)20-9-7-19(8-10-20)27-25(31)18-6-13-22-23(14-18)34-15-33-22/h4-14,16H,15H2,1-3H3,(H,27,31). The molecule has 1 aliphatic rings. The Labute approximate surface area is 202 Å². The van der Waals surface area contributed by atoms with Crippen molar-refractivity contribution in [3.63, 3.8) is 0 Å². The van der Waals surface area contributed by atoms with Crippen LogP contribution >= 0.6 is 0 Å². The molecule has 9 heteroatoms. The topological polar surface area (TPSA) is 96.7 Å². The zero-order chi connectivity index (χ0) is 24.4. The number of amides is 1. The lowest BCUT2D eigenvalue weighted by molar-refractivity contribution is 0.102. The molecule has 0 saturated heterocycles. The van der Waals surface area contributed by atoms with E-state index in [4.69, 9.17) is 18.9 Å². The molecule has 9 nitrogen and oxygen atoms in total. The van der Waals surface area contributed by atoms with Gasteiger partial charge >= 0.3 is 6.01 Å². The van der Waals surface area contributed by atoms with Gasteiger partial charge in [-0.3, -0.25) is 4.79 Å². The highest BCUT2D eigenvalue weighted by molar-refractivity contribution is 6.04. The van der Waals surface area contributed by atoms with Crippen LogP contribution in [0.3, 0.4) is 0 Å². The smallest absolute Gasteiger partial charge is 0.336 e. The number of rotatable bonds is 7. The quantitative estimate of drug-likeness (QED) is 0.416. The SMILES string of the molecule is COc1ccc(-c2nc(OC(C)C)nn2-c2ccc(NC(=O)c3ccc4c(c3)OCO4)cc2)cc1. The second-order valence-corrected chi connectivity index (χ2v) is 8.09. The fraction of sp³-hybridized carbons (Fsp3) is 0.192. The number of ether oxygens (including phenoxy) is 4. The van der Waals surface area contributed by atoms with Gasteiger partial charge in [0.05, 0.1) is 18.9 Å². The van der Waals surface area contributed by atoms with Gasteiger partial charge in [-0.2, -0.15) is 4.98 Å². The van der Waals surface area contributed by atoms with Crippen molar-refractivity contribution in [3.05, 3.63) is 72.3 Å². The summed E-state index contributed by atoms with van der Waals surface area (Å²) in [4.78, 5) is 17.3. The summed E-state index contributed by atoms with van der Waals surface area (Å²) in [5, 5.41) is 7.45. The normalized spacial score (nSPS) is 12.0. The molecular formula is C26H24N4O5. The second kappa shape index (κ2) is 9.38. The average Bonchev–Trinajstić information content (AvgIpc) is 3.51. The van der Waals surface area contributed by atoms with Crippen LogP contribution < -0.4 is 24.3 Å². The maximum atomic E-state index is 12.7. The second-order valence-electron chi connectivity index (χ2n) is 8.09. The molecule has 0 atom stereocenters. The van der Waals surface area contributed by atoms with Crippen LogP contribution in [0.5, 0.6) is 23.3 Å². The van der Waals surface area contributed by atoms with Crippen molar-refractivity contribution in [2.24, 2.45) is 0 Å². The molecule has 0 saturated carbocycles. The van der Waals surface area contributed by atoms with Gasteiger partial charge < -0.3 is 24.3 Å². The third-order valence-electron chi connectivity index (χ3n) is 5.28. The van der Waals surface area contributed by atoms with E-state index in [0.717, 1.165) is 17.0 Å². The Morgan fingerprint density at radius 3 is 2.46 bits per heavy atom. The molecular weight excluding hydrogens is 448 g/mol. The first-order chi connectivity index (χ1) is 17.0. The molecule has 178 valence electrons. The summed E-state index contributed by atoms with van der Waals surface area (Å²) in [5.41, 5.74) is 2.74. The molecule has 35 heavy (non-hydrogen) atoms. The number of carbonyl (C=O) groups excluding carboxylic acids is 1. The highest BCUT2D eigenvalue weighted by Gasteiger charge is 2.18. The van der Waals surface area contributed by atoms with E-state index in [1.54, 1.807) is 30.0 Å². The lowest BCUT2D eigenvalue weighted by Crippen LogP contribution is -2.12. The van der Waals surface area contributed by atoms with Crippen molar-refractivity contribution in [2.45, 2.75) is 20.0 Å². The van der Waals surface area contributed by atoms with Crippen LogP contribution in [-0.2, 0) is 0 Å². The van der Waals surface area contributed by atoms with Gasteiger partial charge in [0.1, 0.15) is 5.75 Å². The summed E-state index contributed by atoms with van der Waals surface area (Å²) in [6, 6.07) is 20.3. The van der Waals surface area contributed by atoms with E-state index in [0.29, 0.717) is 28.6 Å². The van der Waals surface area contributed by atoms with Crippen LogP contribution in [0.1, 0.15) is 24.2 Å². The number of anilines is 1. The summed E-state index contributed by atoms with van der Waals surface area (Å²) >= 11 is 0. The third-order valence-corrected chi connectivity index (χ3v) is 5.28. The first-order valence-electron chi connectivity index (χ1n) is 11.1. The van der Waals surface area contributed by atoms with Gasteiger partial charge in [0, 0.05) is 16.8 Å². The Bertz CT molecular complexity index is 1350. The molecule has 0 unspecified atom stereocenters. The van der Waals surface area contributed by atoms with Crippen molar-refractivity contribution in [1.82, 2.24) is 14.8 Å². The number of nitrogens with zero attached hydrogens (tertiary/aromatic N) is 3. The minimum Gasteiger partial charge on any atom is -0.497 e. The zero-order valence-electron chi connectivity index (χ0n) is 19.5. The Morgan fingerprint density at radius 1 is 1.00 bits per heavy atom. The van der Waals surface area contributed by atoms with E-state index >= 15 is 0 Å². The summed E-state index contributed by atoms with van der Waals surface area (Å²) in [5.74, 6) is 2.32. The van der Waals surface area contributed by atoms with Crippen molar-refractivity contribution in [1.29, 1.82) is 0 Å². The Balaban J connectivity index is 1.39. The molecule has 4 aromatic rings. The number of fused-ring (bicyclic) bond motifs is 1. The molecule has 0 radical (unpaired) electrons. The Hall–Kier alpha value is -4.53. The molecule has 5 rings (SSSR count). The van der Waals surface area contributed by atoms with Crippen LogP contribution in [0.15, 0.2) is 66.7 Å². The number of nitrogens with one attached hydrogen (secondary N) is 1. The minimum atomic E-state index is -0.247. The number of aromatic nitrogens is 3. The maximum absolute atomic E-state index is 12.7. The molecule has 0 spiro atoms. The highest BCUT2D eigenvalue weighted by Crippen LogP contribution is 2.33. The lowest BCUT2D eigenvalue weighted by atomic mass is 10.1. The molecule has 1 aliphatic heterocycles. The largest absolute Gasteiger partial charge is 0.497 e. The Kier molecular flexibility index (Phi) is 5.97. The highest BCUT2D eigenvalue weighted by atomic mass is 16.7. The Morgan fingerprint density at radius 2 is 1.74 bits per heavy atom. The van der Waals surface area contributed by atoms with Gasteiger partial charge in [0.25, 0.3) is 5.91 Å². The van der Waals surface area contributed by atoms with Gasteiger partial charge in [-0.25, -0.2) is 4.68 Å². The van der Waals surface area contributed by atoms with E-state index in [9.17, 15) is 4.79 Å². The first kappa shape index (κ1) is 22.3. The van der Waals surface area contributed by atoms with Gasteiger partial charge in [0.15, 0.2) is 17.3 Å². The summed E-state index contributed by atoms with van der Waals surface area (Å²) in [6.07, 6.45) is -0.0664. The number of hydrogen-bond donors (Lipinski definition) is 1. The molecule has 2 heterocycles. The molecule has 3 aromatic carbocycles. The predicted octanol–water partition coefficient (Wildman–Crippen LogP) is 4.71.